The smallest absolute Gasteiger partial charge is 0.115 e. The molecule has 0 spiro atoms. The van der Waals surface area contributed by atoms with Crippen LogP contribution in [0.3, 0.4) is 0 Å². The van der Waals surface area contributed by atoms with E-state index in [0.29, 0.717) is 0 Å². The molecule has 0 N–H and O–H groups in total. The molecular formula is C14H22FNO. The van der Waals surface area contributed by atoms with E-state index in [4.69, 9.17) is 4.74 Å². The molecule has 0 bridgehead atoms. The van der Waals surface area contributed by atoms with Crippen molar-refractivity contribution >= 4 is 5.69 Å². The maximum atomic E-state index is 12.4. The Morgan fingerprint density at radius 2 is 1.88 bits per heavy atom. The van der Waals surface area contributed by atoms with E-state index in [1.165, 1.54) is 5.69 Å². The summed E-state index contributed by atoms with van der Waals surface area (Å²) in [4.78, 5) is 2.30. The maximum absolute atomic E-state index is 12.4. The number of alkyl halides is 1. The Morgan fingerprint density at radius 3 is 2.41 bits per heavy atom. The number of hydrogen-bond acceptors (Lipinski definition) is 2. The molecule has 1 aromatic carbocycles. The molecular weight excluding hydrogens is 217 g/mol. The first-order valence-corrected chi connectivity index (χ1v) is 6.20. The van der Waals surface area contributed by atoms with Gasteiger partial charge in [-0.3, -0.25) is 0 Å². The quantitative estimate of drug-likeness (QED) is 0.645. The van der Waals surface area contributed by atoms with Crippen molar-refractivity contribution in [2.75, 3.05) is 31.7 Å². The van der Waals surface area contributed by atoms with Crippen LogP contribution in [0.25, 0.3) is 0 Å². The van der Waals surface area contributed by atoms with E-state index in [0.717, 1.165) is 38.1 Å². The normalized spacial score (nSPS) is 10.5. The van der Waals surface area contributed by atoms with Gasteiger partial charge >= 0.3 is 0 Å². The van der Waals surface area contributed by atoms with E-state index in [-0.39, 0.29) is 6.67 Å². The first-order chi connectivity index (χ1) is 8.31. The Kier molecular flexibility index (Phi) is 6.63. The van der Waals surface area contributed by atoms with Crippen LogP contribution < -0.4 is 4.90 Å². The molecule has 0 radical (unpaired) electrons. The fraction of sp³-hybridized carbons (Fsp3) is 0.571. The third kappa shape index (κ3) is 4.73. The fourth-order valence-corrected chi connectivity index (χ4v) is 1.81. The van der Waals surface area contributed by atoms with Crippen molar-refractivity contribution in [1.82, 2.24) is 0 Å². The topological polar surface area (TPSA) is 12.5 Å². The van der Waals surface area contributed by atoms with Crippen LogP contribution in [0.15, 0.2) is 24.3 Å². The highest BCUT2D eigenvalue weighted by atomic mass is 19.1. The molecule has 96 valence electrons. The van der Waals surface area contributed by atoms with E-state index in [2.05, 4.69) is 11.8 Å². The highest BCUT2D eigenvalue weighted by Gasteiger charge is 2.03. The monoisotopic (exact) mass is 239 g/mol. The van der Waals surface area contributed by atoms with Crippen molar-refractivity contribution in [2.45, 2.75) is 26.4 Å². The number of hydrogen-bond donors (Lipinski definition) is 0. The molecule has 0 fully saturated rings. The van der Waals surface area contributed by atoms with Crippen LogP contribution in [0.4, 0.5) is 10.1 Å². The molecule has 1 aromatic rings. The summed E-state index contributed by atoms with van der Waals surface area (Å²) in [6, 6.07) is 7.70. The molecule has 0 heterocycles. The Hall–Kier alpha value is -1.09. The highest BCUT2D eigenvalue weighted by molar-refractivity contribution is 5.47. The zero-order chi connectivity index (χ0) is 12.5. The average molecular weight is 239 g/mol. The largest absolute Gasteiger partial charge is 0.385 e. The third-order valence-electron chi connectivity index (χ3n) is 2.86. The SMILES string of the molecule is CCN(CCCCOC)c1ccc(CF)cc1. The number of halogens is 1. The van der Waals surface area contributed by atoms with E-state index in [1.807, 2.05) is 24.3 Å². The van der Waals surface area contributed by atoms with Crippen molar-refractivity contribution in [3.63, 3.8) is 0 Å². The van der Waals surface area contributed by atoms with Gasteiger partial charge in [-0.15, -0.1) is 0 Å². The molecule has 0 saturated carbocycles. The molecule has 0 aliphatic heterocycles. The van der Waals surface area contributed by atoms with E-state index in [1.54, 1.807) is 7.11 Å². The Balaban J connectivity index is 2.47. The van der Waals surface area contributed by atoms with Gasteiger partial charge in [-0.25, -0.2) is 4.39 Å². The van der Waals surface area contributed by atoms with Gasteiger partial charge in [0, 0.05) is 32.5 Å². The fourth-order valence-electron chi connectivity index (χ4n) is 1.81. The highest BCUT2D eigenvalue weighted by Crippen LogP contribution is 2.16. The lowest BCUT2D eigenvalue weighted by atomic mass is 10.2. The minimum absolute atomic E-state index is 0.389. The second-order valence-electron chi connectivity index (χ2n) is 4.08. The Labute approximate surface area is 103 Å². The lowest BCUT2D eigenvalue weighted by molar-refractivity contribution is 0.193. The van der Waals surface area contributed by atoms with Gasteiger partial charge in [-0.2, -0.15) is 0 Å². The van der Waals surface area contributed by atoms with Gasteiger partial charge in [0.2, 0.25) is 0 Å². The number of unbranched alkanes of at least 4 members (excludes halogenated alkanes) is 1. The zero-order valence-electron chi connectivity index (χ0n) is 10.8. The van der Waals surface area contributed by atoms with Crippen LogP contribution in [0.1, 0.15) is 25.3 Å². The van der Waals surface area contributed by atoms with E-state index >= 15 is 0 Å². The van der Waals surface area contributed by atoms with Gasteiger partial charge in [-0.05, 0) is 37.5 Å². The lowest BCUT2D eigenvalue weighted by Gasteiger charge is -2.23. The summed E-state index contributed by atoms with van der Waals surface area (Å²) in [6.45, 7) is 4.56. The summed E-state index contributed by atoms with van der Waals surface area (Å²) in [5.74, 6) is 0. The summed E-state index contributed by atoms with van der Waals surface area (Å²) < 4.78 is 17.4. The van der Waals surface area contributed by atoms with Gasteiger partial charge in [-0.1, -0.05) is 12.1 Å². The molecule has 0 unspecified atom stereocenters. The van der Waals surface area contributed by atoms with Crippen molar-refractivity contribution in [1.29, 1.82) is 0 Å². The predicted octanol–water partition coefficient (Wildman–Crippen LogP) is 3.41. The number of nitrogens with zero attached hydrogens (tertiary/aromatic N) is 1. The average Bonchev–Trinajstić information content (AvgIpc) is 2.39. The summed E-state index contributed by atoms with van der Waals surface area (Å²) in [6.07, 6.45) is 2.20. The molecule has 0 amide bonds. The van der Waals surface area contributed by atoms with Crippen molar-refractivity contribution in [3.8, 4) is 0 Å². The van der Waals surface area contributed by atoms with Crippen LogP contribution in [0.5, 0.6) is 0 Å². The number of anilines is 1. The summed E-state index contributed by atoms with van der Waals surface area (Å²) in [5.41, 5.74) is 1.91. The molecule has 0 atom stereocenters. The molecule has 3 heteroatoms. The molecule has 17 heavy (non-hydrogen) atoms. The summed E-state index contributed by atoms with van der Waals surface area (Å²) in [7, 11) is 1.73. The second-order valence-corrected chi connectivity index (χ2v) is 4.08. The molecule has 0 aliphatic rings. The minimum Gasteiger partial charge on any atom is -0.385 e. The van der Waals surface area contributed by atoms with Crippen LogP contribution in [-0.2, 0) is 11.4 Å². The Bertz CT molecular complexity index is 300. The van der Waals surface area contributed by atoms with Gasteiger partial charge in [0.15, 0.2) is 0 Å². The standard InChI is InChI=1S/C14H22FNO/c1-3-16(10-4-5-11-17-2)14-8-6-13(12-15)7-9-14/h6-9H,3-5,10-12H2,1-2H3. The maximum Gasteiger partial charge on any atom is 0.115 e. The molecule has 1 rings (SSSR count). The third-order valence-corrected chi connectivity index (χ3v) is 2.86. The van der Waals surface area contributed by atoms with Gasteiger partial charge in [0.25, 0.3) is 0 Å². The van der Waals surface area contributed by atoms with E-state index in [9.17, 15) is 4.39 Å². The first-order valence-electron chi connectivity index (χ1n) is 6.20. The zero-order valence-corrected chi connectivity index (χ0v) is 10.8. The molecule has 0 aromatic heterocycles. The first kappa shape index (κ1) is 14.0. The molecule has 0 saturated heterocycles. The van der Waals surface area contributed by atoms with Crippen LogP contribution in [0.2, 0.25) is 0 Å². The van der Waals surface area contributed by atoms with Crippen molar-refractivity contribution in [2.24, 2.45) is 0 Å². The molecule has 2 nitrogen and oxygen atoms in total. The van der Waals surface area contributed by atoms with Crippen molar-refractivity contribution in [3.05, 3.63) is 29.8 Å². The van der Waals surface area contributed by atoms with Crippen LogP contribution in [0, 0.1) is 0 Å². The Morgan fingerprint density at radius 1 is 1.18 bits per heavy atom. The van der Waals surface area contributed by atoms with Gasteiger partial charge in [0.05, 0.1) is 0 Å². The number of benzene rings is 1. The summed E-state index contributed by atoms with van der Waals surface area (Å²) >= 11 is 0. The van der Waals surface area contributed by atoms with E-state index < -0.39 is 0 Å². The summed E-state index contributed by atoms with van der Waals surface area (Å²) in [5, 5.41) is 0. The number of ether oxygens (including phenoxy) is 1. The van der Waals surface area contributed by atoms with Crippen LogP contribution in [-0.4, -0.2) is 26.8 Å². The second kappa shape index (κ2) is 8.07. The van der Waals surface area contributed by atoms with Gasteiger partial charge in [0.1, 0.15) is 6.67 Å². The molecule has 0 aliphatic carbocycles. The van der Waals surface area contributed by atoms with Gasteiger partial charge < -0.3 is 9.64 Å². The number of methoxy groups -OCH3 is 1. The predicted molar refractivity (Wildman–Crippen MR) is 70.3 cm³/mol. The number of rotatable bonds is 8. The minimum atomic E-state index is -0.389. The van der Waals surface area contributed by atoms with Crippen LogP contribution >= 0.6 is 0 Å². The van der Waals surface area contributed by atoms with Crippen molar-refractivity contribution < 1.29 is 9.13 Å². The lowest BCUT2D eigenvalue weighted by Crippen LogP contribution is -2.24.